The standard InChI is InChI=1S/C14H14ClFN4O2/c15-11-17-12(19-13(21)18-11)20-7-5-14(22,6-8-20)9-1-3-10(16)4-2-9/h1-4,22H,5-8H2,(H,17,18,19,21). The number of nitrogens with one attached hydrogen (secondary N) is 1. The maximum absolute atomic E-state index is 13.0. The summed E-state index contributed by atoms with van der Waals surface area (Å²) in [7, 11) is 0. The quantitative estimate of drug-likeness (QED) is 0.873. The van der Waals surface area contributed by atoms with Crippen molar-refractivity contribution < 1.29 is 9.50 Å². The maximum atomic E-state index is 13.0. The van der Waals surface area contributed by atoms with Crippen molar-refractivity contribution in [3.8, 4) is 0 Å². The highest BCUT2D eigenvalue weighted by Gasteiger charge is 2.34. The van der Waals surface area contributed by atoms with Crippen molar-refractivity contribution in [2.45, 2.75) is 18.4 Å². The molecule has 116 valence electrons. The first-order chi connectivity index (χ1) is 10.5. The van der Waals surface area contributed by atoms with E-state index in [0.29, 0.717) is 31.5 Å². The molecule has 0 bridgehead atoms. The van der Waals surface area contributed by atoms with Crippen molar-refractivity contribution in [3.63, 3.8) is 0 Å². The summed E-state index contributed by atoms with van der Waals surface area (Å²) >= 11 is 5.72. The van der Waals surface area contributed by atoms with Gasteiger partial charge in [0.15, 0.2) is 0 Å². The topological polar surface area (TPSA) is 82.1 Å². The highest BCUT2D eigenvalue weighted by molar-refractivity contribution is 6.28. The van der Waals surface area contributed by atoms with Crippen LogP contribution in [-0.4, -0.2) is 33.1 Å². The molecule has 3 rings (SSSR count). The van der Waals surface area contributed by atoms with Gasteiger partial charge in [0.25, 0.3) is 0 Å². The zero-order chi connectivity index (χ0) is 15.7. The molecule has 1 aromatic heterocycles. The third kappa shape index (κ3) is 2.95. The molecule has 1 aliphatic heterocycles. The first-order valence-electron chi connectivity index (χ1n) is 6.83. The molecule has 0 spiro atoms. The van der Waals surface area contributed by atoms with Crippen LogP contribution in [0.15, 0.2) is 29.1 Å². The molecular formula is C14H14ClFN4O2. The lowest BCUT2D eigenvalue weighted by Gasteiger charge is -2.38. The summed E-state index contributed by atoms with van der Waals surface area (Å²) in [5.74, 6) is -0.0914. The van der Waals surface area contributed by atoms with E-state index in [1.54, 1.807) is 17.0 Å². The number of nitrogens with zero attached hydrogens (tertiary/aromatic N) is 3. The van der Waals surface area contributed by atoms with E-state index in [4.69, 9.17) is 11.6 Å². The fraction of sp³-hybridized carbons (Fsp3) is 0.357. The number of hydrogen-bond donors (Lipinski definition) is 2. The molecule has 0 saturated carbocycles. The largest absolute Gasteiger partial charge is 0.385 e. The number of rotatable bonds is 2. The minimum absolute atomic E-state index is 0.0191. The molecule has 2 N–H and O–H groups in total. The van der Waals surface area contributed by atoms with Crippen molar-refractivity contribution in [1.82, 2.24) is 15.0 Å². The number of anilines is 1. The van der Waals surface area contributed by atoms with Gasteiger partial charge in [-0.2, -0.15) is 9.97 Å². The highest BCUT2D eigenvalue weighted by atomic mass is 35.5. The van der Waals surface area contributed by atoms with Crippen molar-refractivity contribution in [2.24, 2.45) is 0 Å². The third-order valence-electron chi connectivity index (χ3n) is 3.86. The summed E-state index contributed by atoms with van der Waals surface area (Å²) < 4.78 is 13.0. The van der Waals surface area contributed by atoms with E-state index in [0.717, 1.165) is 0 Å². The van der Waals surface area contributed by atoms with Crippen molar-refractivity contribution >= 4 is 17.5 Å². The van der Waals surface area contributed by atoms with E-state index >= 15 is 0 Å². The molecule has 0 aliphatic carbocycles. The number of benzene rings is 1. The summed E-state index contributed by atoms with van der Waals surface area (Å²) in [5.41, 5.74) is -0.900. The predicted molar refractivity (Wildman–Crippen MR) is 79.4 cm³/mol. The molecule has 1 fully saturated rings. The Balaban J connectivity index is 1.76. The van der Waals surface area contributed by atoms with E-state index in [2.05, 4.69) is 15.0 Å². The van der Waals surface area contributed by atoms with E-state index in [1.807, 2.05) is 0 Å². The molecule has 2 heterocycles. The van der Waals surface area contributed by atoms with E-state index in [9.17, 15) is 14.3 Å². The zero-order valence-corrected chi connectivity index (χ0v) is 12.3. The Morgan fingerprint density at radius 3 is 2.45 bits per heavy atom. The third-order valence-corrected chi connectivity index (χ3v) is 4.04. The fourth-order valence-electron chi connectivity index (χ4n) is 2.61. The Hall–Kier alpha value is -1.99. The minimum atomic E-state index is -1.02. The SMILES string of the molecule is O=c1nc(N2CCC(O)(c3ccc(F)cc3)CC2)nc(Cl)[nH]1. The van der Waals surface area contributed by atoms with Gasteiger partial charge in [0.1, 0.15) is 5.82 Å². The van der Waals surface area contributed by atoms with Crippen LogP contribution in [0.3, 0.4) is 0 Å². The summed E-state index contributed by atoms with van der Waals surface area (Å²) in [6, 6.07) is 5.84. The van der Waals surface area contributed by atoms with Gasteiger partial charge in [-0.05, 0) is 42.1 Å². The van der Waals surface area contributed by atoms with E-state index in [1.165, 1.54) is 12.1 Å². The van der Waals surface area contributed by atoms with Gasteiger partial charge in [-0.3, -0.25) is 4.98 Å². The molecule has 1 saturated heterocycles. The van der Waals surface area contributed by atoms with Crippen LogP contribution in [0.4, 0.5) is 10.3 Å². The van der Waals surface area contributed by atoms with Gasteiger partial charge >= 0.3 is 5.69 Å². The van der Waals surface area contributed by atoms with Crippen LogP contribution >= 0.6 is 11.6 Å². The van der Waals surface area contributed by atoms with Gasteiger partial charge in [0.2, 0.25) is 11.2 Å². The Bertz CT molecular complexity index is 726. The number of H-pyrrole nitrogens is 1. The Kier molecular flexibility index (Phi) is 3.84. The molecule has 8 heteroatoms. The van der Waals surface area contributed by atoms with Crippen LogP contribution in [0.1, 0.15) is 18.4 Å². The minimum Gasteiger partial charge on any atom is -0.385 e. The molecule has 0 atom stereocenters. The van der Waals surface area contributed by atoms with Crippen molar-refractivity contribution in [2.75, 3.05) is 18.0 Å². The molecule has 2 aromatic rings. The van der Waals surface area contributed by atoms with Crippen LogP contribution < -0.4 is 10.6 Å². The smallest absolute Gasteiger partial charge is 0.350 e. The van der Waals surface area contributed by atoms with Gasteiger partial charge in [-0.1, -0.05) is 12.1 Å². The normalized spacial score (nSPS) is 17.5. The van der Waals surface area contributed by atoms with Crippen LogP contribution in [0.2, 0.25) is 5.28 Å². The van der Waals surface area contributed by atoms with Gasteiger partial charge in [0.05, 0.1) is 5.60 Å². The number of aromatic nitrogens is 3. The molecule has 0 unspecified atom stereocenters. The predicted octanol–water partition coefficient (Wildman–Crippen LogP) is 1.45. The van der Waals surface area contributed by atoms with Crippen LogP contribution in [0.5, 0.6) is 0 Å². The van der Waals surface area contributed by atoms with Gasteiger partial charge in [-0.25, -0.2) is 9.18 Å². The number of aliphatic hydroxyl groups is 1. The fourth-order valence-corrected chi connectivity index (χ4v) is 2.77. The summed E-state index contributed by atoms with van der Waals surface area (Å²) in [6.07, 6.45) is 0.846. The number of aromatic amines is 1. The molecule has 0 radical (unpaired) electrons. The Labute approximate surface area is 130 Å². The first-order valence-corrected chi connectivity index (χ1v) is 7.21. The van der Waals surface area contributed by atoms with E-state index < -0.39 is 11.3 Å². The lowest BCUT2D eigenvalue weighted by molar-refractivity contribution is 0.0115. The summed E-state index contributed by atoms with van der Waals surface area (Å²) in [4.78, 5) is 23.2. The van der Waals surface area contributed by atoms with Crippen LogP contribution in [0.25, 0.3) is 0 Å². The molecule has 6 nitrogen and oxygen atoms in total. The second kappa shape index (κ2) is 5.66. The van der Waals surface area contributed by atoms with Gasteiger partial charge in [-0.15, -0.1) is 0 Å². The molecular weight excluding hydrogens is 311 g/mol. The second-order valence-corrected chi connectivity index (χ2v) is 5.63. The maximum Gasteiger partial charge on any atom is 0.350 e. The van der Waals surface area contributed by atoms with Gasteiger partial charge < -0.3 is 10.0 Å². The summed E-state index contributed by atoms with van der Waals surface area (Å²) in [6.45, 7) is 0.932. The molecule has 1 aromatic carbocycles. The molecule has 1 aliphatic rings. The second-order valence-electron chi connectivity index (χ2n) is 5.27. The summed E-state index contributed by atoms with van der Waals surface area (Å²) in [5, 5.41) is 10.7. The molecule has 0 amide bonds. The average Bonchev–Trinajstić information content (AvgIpc) is 2.47. The first kappa shape index (κ1) is 14.9. The number of halogens is 2. The zero-order valence-electron chi connectivity index (χ0n) is 11.6. The number of hydrogen-bond acceptors (Lipinski definition) is 5. The highest BCUT2D eigenvalue weighted by Crippen LogP contribution is 2.33. The monoisotopic (exact) mass is 324 g/mol. The Morgan fingerprint density at radius 1 is 1.23 bits per heavy atom. The lowest BCUT2D eigenvalue weighted by atomic mass is 9.84. The van der Waals surface area contributed by atoms with Gasteiger partial charge in [0, 0.05) is 13.1 Å². The van der Waals surface area contributed by atoms with Crippen molar-refractivity contribution in [1.29, 1.82) is 0 Å². The van der Waals surface area contributed by atoms with E-state index in [-0.39, 0.29) is 17.0 Å². The van der Waals surface area contributed by atoms with Crippen LogP contribution in [0, 0.1) is 5.82 Å². The van der Waals surface area contributed by atoms with Crippen LogP contribution in [-0.2, 0) is 5.60 Å². The van der Waals surface area contributed by atoms with Crippen molar-refractivity contribution in [3.05, 3.63) is 51.4 Å². The number of piperidine rings is 1. The Morgan fingerprint density at radius 2 is 1.86 bits per heavy atom. The molecule has 22 heavy (non-hydrogen) atoms. The average molecular weight is 325 g/mol. The lowest BCUT2D eigenvalue weighted by Crippen LogP contribution is -2.43.